The fourth-order valence-electron chi connectivity index (χ4n) is 3.24. The molecular weight excluding hydrogens is 363 g/mol. The van der Waals surface area contributed by atoms with Crippen molar-refractivity contribution in [3.05, 3.63) is 47.5 Å². The van der Waals surface area contributed by atoms with E-state index in [0.717, 1.165) is 5.69 Å². The van der Waals surface area contributed by atoms with Crippen molar-refractivity contribution in [3.8, 4) is 17.1 Å². The predicted molar refractivity (Wildman–Crippen MR) is 103 cm³/mol. The lowest BCUT2D eigenvalue weighted by molar-refractivity contribution is 0.0947. The van der Waals surface area contributed by atoms with E-state index < -0.39 is 5.82 Å². The Morgan fingerprint density at radius 3 is 3.00 bits per heavy atom. The summed E-state index contributed by atoms with van der Waals surface area (Å²) in [5.74, 6) is -0.512. The Morgan fingerprint density at radius 2 is 2.21 bits per heavy atom. The molecule has 3 aromatic rings. The first kappa shape index (κ1) is 17.8. The number of H-pyrrole nitrogens is 1. The van der Waals surface area contributed by atoms with Crippen molar-refractivity contribution in [2.24, 2.45) is 0 Å². The zero-order valence-corrected chi connectivity index (χ0v) is 15.2. The monoisotopic (exact) mass is 382 g/mol. The maximum absolute atomic E-state index is 14.3. The van der Waals surface area contributed by atoms with Crippen molar-refractivity contribution in [2.75, 3.05) is 24.2 Å². The minimum Gasteiger partial charge on any atom is -0.489 e. The lowest BCUT2D eigenvalue weighted by Gasteiger charge is -2.17. The smallest absolute Gasteiger partial charge is 0.255 e. The predicted octanol–water partition coefficient (Wildman–Crippen LogP) is 2.62. The van der Waals surface area contributed by atoms with Gasteiger partial charge in [-0.05, 0) is 25.1 Å². The van der Waals surface area contributed by atoms with Gasteiger partial charge >= 0.3 is 0 Å². The lowest BCUT2D eigenvalue weighted by atomic mass is 10.1. The summed E-state index contributed by atoms with van der Waals surface area (Å²) >= 11 is 0. The number of halogens is 1. The number of hydrogen-bond acceptors (Lipinski definition) is 6. The number of ether oxygens (including phenoxy) is 1. The summed E-state index contributed by atoms with van der Waals surface area (Å²) in [5.41, 5.74) is 8.94. The van der Waals surface area contributed by atoms with Crippen molar-refractivity contribution in [1.82, 2.24) is 20.3 Å². The zero-order chi connectivity index (χ0) is 19.7. The molecule has 4 rings (SSSR count). The summed E-state index contributed by atoms with van der Waals surface area (Å²) in [6.07, 6.45) is 2.17. The van der Waals surface area contributed by atoms with E-state index in [1.54, 1.807) is 25.1 Å². The van der Waals surface area contributed by atoms with Gasteiger partial charge in [-0.25, -0.2) is 14.4 Å². The SMILES string of the molecule is CCOc1c(F)cccc1Nc1c(-c2ccnc(N)n2)[nH]c2c1C(=O)NCC2. The van der Waals surface area contributed by atoms with Crippen molar-refractivity contribution < 1.29 is 13.9 Å². The van der Waals surface area contributed by atoms with E-state index >= 15 is 0 Å². The number of anilines is 3. The van der Waals surface area contributed by atoms with Gasteiger partial charge in [-0.15, -0.1) is 0 Å². The van der Waals surface area contributed by atoms with Crippen LogP contribution in [0.15, 0.2) is 30.5 Å². The molecule has 2 aromatic heterocycles. The second-order valence-corrected chi connectivity index (χ2v) is 6.21. The first-order chi connectivity index (χ1) is 13.6. The number of nitrogens with two attached hydrogens (primary N) is 1. The first-order valence-corrected chi connectivity index (χ1v) is 8.88. The highest BCUT2D eigenvalue weighted by atomic mass is 19.1. The molecule has 0 unspecified atom stereocenters. The van der Waals surface area contributed by atoms with Crippen molar-refractivity contribution >= 4 is 23.2 Å². The Kier molecular flexibility index (Phi) is 4.56. The first-order valence-electron chi connectivity index (χ1n) is 8.88. The molecule has 1 aromatic carbocycles. The number of fused-ring (bicyclic) bond motifs is 1. The number of rotatable bonds is 5. The van der Waals surface area contributed by atoms with Crippen LogP contribution in [0, 0.1) is 5.82 Å². The van der Waals surface area contributed by atoms with Crippen LogP contribution in [0.1, 0.15) is 23.0 Å². The van der Waals surface area contributed by atoms with Gasteiger partial charge in [0.1, 0.15) is 0 Å². The van der Waals surface area contributed by atoms with Gasteiger partial charge in [0.05, 0.1) is 34.9 Å². The lowest BCUT2D eigenvalue weighted by Crippen LogP contribution is -2.31. The third kappa shape index (κ3) is 3.11. The molecule has 0 aliphatic carbocycles. The Bertz CT molecular complexity index is 1050. The molecule has 3 heterocycles. The summed E-state index contributed by atoms with van der Waals surface area (Å²) < 4.78 is 19.7. The molecule has 0 saturated carbocycles. The van der Waals surface area contributed by atoms with E-state index in [1.807, 2.05) is 0 Å². The van der Waals surface area contributed by atoms with Gasteiger partial charge < -0.3 is 26.1 Å². The molecule has 1 aliphatic rings. The number of amides is 1. The van der Waals surface area contributed by atoms with E-state index in [2.05, 4.69) is 25.6 Å². The number of aromatic nitrogens is 3. The molecule has 144 valence electrons. The zero-order valence-electron chi connectivity index (χ0n) is 15.2. The van der Waals surface area contributed by atoms with Crippen LogP contribution in [0.25, 0.3) is 11.4 Å². The minimum absolute atomic E-state index is 0.0873. The molecule has 0 radical (unpaired) electrons. The highest BCUT2D eigenvalue weighted by Gasteiger charge is 2.28. The topological polar surface area (TPSA) is 118 Å². The fourth-order valence-corrected chi connectivity index (χ4v) is 3.24. The van der Waals surface area contributed by atoms with Crippen LogP contribution < -0.4 is 21.1 Å². The van der Waals surface area contributed by atoms with Gasteiger partial charge in [0.25, 0.3) is 5.91 Å². The van der Waals surface area contributed by atoms with Crippen LogP contribution in [-0.4, -0.2) is 34.0 Å². The third-order valence-corrected chi connectivity index (χ3v) is 4.41. The number of hydrogen-bond donors (Lipinski definition) is 4. The maximum atomic E-state index is 14.3. The molecule has 1 amide bonds. The molecule has 0 spiro atoms. The van der Waals surface area contributed by atoms with Crippen LogP contribution in [0.3, 0.4) is 0 Å². The van der Waals surface area contributed by atoms with Crippen molar-refractivity contribution in [2.45, 2.75) is 13.3 Å². The Morgan fingerprint density at radius 1 is 1.36 bits per heavy atom. The Balaban J connectivity index is 1.88. The molecule has 0 saturated heterocycles. The van der Waals surface area contributed by atoms with Crippen molar-refractivity contribution in [1.29, 1.82) is 0 Å². The van der Waals surface area contributed by atoms with Crippen molar-refractivity contribution in [3.63, 3.8) is 0 Å². The van der Waals surface area contributed by atoms with Gasteiger partial charge in [-0.2, -0.15) is 0 Å². The van der Waals surface area contributed by atoms with E-state index in [4.69, 9.17) is 10.5 Å². The van der Waals surface area contributed by atoms with Crippen LogP contribution >= 0.6 is 0 Å². The average Bonchev–Trinajstić information content (AvgIpc) is 3.04. The van der Waals surface area contributed by atoms with Gasteiger partial charge in [0.2, 0.25) is 5.95 Å². The number of nitrogens with zero attached hydrogens (tertiary/aromatic N) is 2. The highest BCUT2D eigenvalue weighted by molar-refractivity contribution is 6.06. The summed E-state index contributed by atoms with van der Waals surface area (Å²) in [6.45, 7) is 2.61. The van der Waals surface area contributed by atoms with E-state index in [9.17, 15) is 9.18 Å². The molecule has 9 heteroatoms. The number of aromatic amines is 1. The van der Waals surface area contributed by atoms with Crippen LogP contribution in [0.2, 0.25) is 0 Å². The van der Waals surface area contributed by atoms with Gasteiger partial charge in [-0.3, -0.25) is 4.79 Å². The molecule has 8 nitrogen and oxygen atoms in total. The summed E-state index contributed by atoms with van der Waals surface area (Å²) in [7, 11) is 0. The number of benzene rings is 1. The van der Waals surface area contributed by atoms with Crippen LogP contribution in [0.4, 0.5) is 21.7 Å². The van der Waals surface area contributed by atoms with Crippen LogP contribution in [-0.2, 0) is 6.42 Å². The van der Waals surface area contributed by atoms with E-state index in [-0.39, 0.29) is 17.6 Å². The van der Waals surface area contributed by atoms with Crippen LogP contribution in [0.5, 0.6) is 5.75 Å². The normalized spacial score (nSPS) is 13.0. The summed E-state index contributed by atoms with van der Waals surface area (Å²) in [6, 6.07) is 6.27. The quantitative estimate of drug-likeness (QED) is 0.539. The van der Waals surface area contributed by atoms with E-state index in [0.29, 0.717) is 47.9 Å². The standard InChI is InChI=1S/C19H19FN6O2/c1-2-28-17-10(20)4-3-5-13(17)25-16-14-11(6-8-22-18(14)27)24-15(16)12-7-9-23-19(21)26-12/h3-5,7,9,24-25H,2,6,8H2,1H3,(H,22,27)(H2,21,23,26). The summed E-state index contributed by atoms with van der Waals surface area (Å²) in [4.78, 5) is 24.0. The average molecular weight is 382 g/mol. The molecular formula is C19H19FN6O2. The van der Waals surface area contributed by atoms with Gasteiger partial charge in [0.15, 0.2) is 11.6 Å². The number of para-hydroxylation sites is 1. The molecule has 28 heavy (non-hydrogen) atoms. The number of nitrogens with one attached hydrogen (secondary N) is 3. The fraction of sp³-hybridized carbons (Fsp3) is 0.211. The second-order valence-electron chi connectivity index (χ2n) is 6.21. The van der Waals surface area contributed by atoms with E-state index in [1.165, 1.54) is 12.3 Å². The number of nitrogen functional groups attached to an aromatic ring is 1. The molecule has 0 fully saturated rings. The molecule has 0 bridgehead atoms. The number of carbonyl (C=O) groups excluding carboxylic acids is 1. The second kappa shape index (κ2) is 7.18. The highest BCUT2D eigenvalue weighted by Crippen LogP contribution is 2.39. The largest absolute Gasteiger partial charge is 0.489 e. The van der Waals surface area contributed by atoms with Gasteiger partial charge in [-0.1, -0.05) is 6.07 Å². The maximum Gasteiger partial charge on any atom is 0.255 e. The molecule has 0 atom stereocenters. The summed E-state index contributed by atoms with van der Waals surface area (Å²) in [5, 5.41) is 5.99. The number of carbonyl (C=O) groups is 1. The Labute approximate surface area is 160 Å². The minimum atomic E-state index is -0.492. The van der Waals surface area contributed by atoms with Gasteiger partial charge in [0, 0.05) is 24.9 Å². The third-order valence-electron chi connectivity index (χ3n) is 4.41. The molecule has 1 aliphatic heterocycles. The Hall–Kier alpha value is -3.62. The molecule has 5 N–H and O–H groups in total.